The third-order valence-electron chi connectivity index (χ3n) is 3.51. The number of carbonyl (C=O) groups excluding carboxylic acids is 2. The summed E-state index contributed by atoms with van der Waals surface area (Å²) in [6, 6.07) is 9.07. The van der Waals surface area contributed by atoms with Crippen molar-refractivity contribution >= 4 is 12.2 Å². The summed E-state index contributed by atoms with van der Waals surface area (Å²) in [6.07, 6.45) is -0.982. The average molecular weight is 350 g/mol. The number of benzene rings is 1. The smallest absolute Gasteiger partial charge is 0.434 e. The molecule has 0 N–H and O–H groups in total. The molecule has 1 unspecified atom stereocenters. The molecular formula is C18H26N2O5. The van der Waals surface area contributed by atoms with E-state index in [-0.39, 0.29) is 19.3 Å². The van der Waals surface area contributed by atoms with E-state index in [4.69, 9.17) is 14.3 Å². The van der Waals surface area contributed by atoms with Gasteiger partial charge in [0.1, 0.15) is 12.2 Å². The average Bonchev–Trinajstić information content (AvgIpc) is 2.74. The Labute approximate surface area is 148 Å². The topological polar surface area (TPSA) is 68.3 Å². The van der Waals surface area contributed by atoms with Crippen molar-refractivity contribution < 1.29 is 23.9 Å². The van der Waals surface area contributed by atoms with Gasteiger partial charge in [-0.25, -0.2) is 9.59 Å². The number of ether oxygens (including phenoxy) is 2. The summed E-state index contributed by atoms with van der Waals surface area (Å²) >= 11 is 0. The summed E-state index contributed by atoms with van der Waals surface area (Å²) in [7, 11) is 0. The fourth-order valence-electron chi connectivity index (χ4n) is 2.37. The van der Waals surface area contributed by atoms with Gasteiger partial charge >= 0.3 is 12.2 Å². The van der Waals surface area contributed by atoms with E-state index in [9.17, 15) is 9.59 Å². The summed E-state index contributed by atoms with van der Waals surface area (Å²) in [5.74, 6) is 0. The minimum atomic E-state index is -0.568. The van der Waals surface area contributed by atoms with Crippen molar-refractivity contribution in [3.63, 3.8) is 0 Å². The number of hydroxylamine groups is 2. The first kappa shape index (κ1) is 19.1. The Hall–Kier alpha value is -2.28. The zero-order chi connectivity index (χ0) is 18.4. The van der Waals surface area contributed by atoms with Gasteiger partial charge in [-0.1, -0.05) is 30.3 Å². The summed E-state index contributed by atoms with van der Waals surface area (Å²) in [4.78, 5) is 31.5. The molecule has 1 aliphatic rings. The van der Waals surface area contributed by atoms with Crippen LogP contribution in [0.25, 0.3) is 0 Å². The molecule has 0 aliphatic carbocycles. The van der Waals surface area contributed by atoms with Gasteiger partial charge in [0.05, 0.1) is 19.2 Å². The molecule has 1 atom stereocenters. The molecule has 0 saturated carbocycles. The molecule has 0 aromatic heterocycles. The number of hydrogen-bond donors (Lipinski definition) is 0. The molecule has 0 spiro atoms. The van der Waals surface area contributed by atoms with E-state index in [2.05, 4.69) is 0 Å². The lowest BCUT2D eigenvalue weighted by atomic mass is 10.2. The van der Waals surface area contributed by atoms with E-state index in [0.29, 0.717) is 13.1 Å². The van der Waals surface area contributed by atoms with Crippen LogP contribution in [0.1, 0.15) is 33.3 Å². The van der Waals surface area contributed by atoms with Crippen molar-refractivity contribution in [1.29, 1.82) is 0 Å². The predicted octanol–water partition coefficient (Wildman–Crippen LogP) is 3.20. The molecule has 1 aromatic carbocycles. The van der Waals surface area contributed by atoms with E-state index in [1.165, 1.54) is 5.06 Å². The summed E-state index contributed by atoms with van der Waals surface area (Å²) < 4.78 is 10.7. The largest absolute Gasteiger partial charge is 0.444 e. The Morgan fingerprint density at radius 3 is 2.52 bits per heavy atom. The van der Waals surface area contributed by atoms with Crippen LogP contribution in [0.15, 0.2) is 30.3 Å². The lowest BCUT2D eigenvalue weighted by molar-refractivity contribution is -0.147. The van der Waals surface area contributed by atoms with Crippen molar-refractivity contribution in [3.05, 3.63) is 35.9 Å². The quantitative estimate of drug-likeness (QED) is 0.819. The molecule has 2 amide bonds. The zero-order valence-corrected chi connectivity index (χ0v) is 15.2. The maximum absolute atomic E-state index is 12.3. The monoisotopic (exact) mass is 350 g/mol. The van der Waals surface area contributed by atoms with Gasteiger partial charge in [-0.05, 0) is 33.3 Å². The van der Waals surface area contributed by atoms with Crippen LogP contribution in [0.3, 0.4) is 0 Å². The summed E-state index contributed by atoms with van der Waals surface area (Å²) in [6.45, 7) is 8.28. The van der Waals surface area contributed by atoms with Gasteiger partial charge in [-0.2, -0.15) is 5.06 Å². The molecule has 0 radical (unpaired) electrons. The highest BCUT2D eigenvalue weighted by Gasteiger charge is 2.31. The Kier molecular flexibility index (Phi) is 6.25. The molecule has 1 aliphatic heterocycles. The minimum absolute atomic E-state index is 0.169. The van der Waals surface area contributed by atoms with Gasteiger partial charge in [-0.15, -0.1) is 0 Å². The second-order valence-corrected chi connectivity index (χ2v) is 6.97. The third-order valence-corrected chi connectivity index (χ3v) is 3.51. The van der Waals surface area contributed by atoms with Gasteiger partial charge in [0.15, 0.2) is 0 Å². The fourth-order valence-corrected chi connectivity index (χ4v) is 2.37. The van der Waals surface area contributed by atoms with Crippen LogP contribution in [-0.4, -0.2) is 53.5 Å². The highest BCUT2D eigenvalue weighted by molar-refractivity contribution is 5.69. The van der Waals surface area contributed by atoms with Gasteiger partial charge in [0, 0.05) is 6.54 Å². The first-order valence-corrected chi connectivity index (χ1v) is 8.37. The van der Waals surface area contributed by atoms with E-state index in [0.717, 1.165) is 5.56 Å². The molecule has 0 bridgehead atoms. The van der Waals surface area contributed by atoms with E-state index >= 15 is 0 Å². The normalized spacial score (nSPS) is 18.5. The molecule has 138 valence electrons. The highest BCUT2D eigenvalue weighted by Crippen LogP contribution is 2.15. The number of rotatable bonds is 2. The minimum Gasteiger partial charge on any atom is -0.444 e. The Morgan fingerprint density at radius 1 is 1.20 bits per heavy atom. The number of hydrogen-bond acceptors (Lipinski definition) is 5. The lowest BCUT2D eigenvalue weighted by Gasteiger charge is -2.28. The van der Waals surface area contributed by atoms with Crippen LogP contribution in [-0.2, 0) is 20.9 Å². The molecule has 2 rings (SSSR count). The van der Waals surface area contributed by atoms with Crippen molar-refractivity contribution in [1.82, 2.24) is 9.96 Å². The van der Waals surface area contributed by atoms with Gasteiger partial charge in [0.25, 0.3) is 0 Å². The van der Waals surface area contributed by atoms with Crippen LogP contribution < -0.4 is 0 Å². The standard InChI is InChI=1S/C18H26N2O5/c1-14-12-19(16(21)25-18(2,3)4)10-11-24-20(14)17(22)23-13-15-8-6-5-7-9-15/h5-9,14H,10-13H2,1-4H3. The SMILES string of the molecule is CC1CN(C(=O)OC(C)(C)C)CCON1C(=O)OCc1ccccc1. The molecule has 1 aromatic rings. The first-order valence-electron chi connectivity index (χ1n) is 8.37. The highest BCUT2D eigenvalue weighted by atomic mass is 16.7. The number of amides is 2. The molecule has 25 heavy (non-hydrogen) atoms. The second-order valence-electron chi connectivity index (χ2n) is 6.97. The first-order chi connectivity index (χ1) is 11.8. The second kappa shape index (κ2) is 8.20. The molecule has 7 nitrogen and oxygen atoms in total. The zero-order valence-electron chi connectivity index (χ0n) is 15.2. The van der Waals surface area contributed by atoms with Crippen molar-refractivity contribution in [3.8, 4) is 0 Å². The van der Waals surface area contributed by atoms with Gasteiger partial charge < -0.3 is 14.4 Å². The maximum atomic E-state index is 12.3. The molecule has 1 heterocycles. The predicted molar refractivity (Wildman–Crippen MR) is 91.7 cm³/mol. The maximum Gasteiger partial charge on any atom is 0.434 e. The lowest BCUT2D eigenvalue weighted by Crippen LogP contribution is -2.44. The van der Waals surface area contributed by atoms with Crippen LogP contribution in [0.4, 0.5) is 9.59 Å². The molecule has 7 heteroatoms. The van der Waals surface area contributed by atoms with Crippen molar-refractivity contribution in [2.24, 2.45) is 0 Å². The fraction of sp³-hybridized carbons (Fsp3) is 0.556. The third kappa shape index (κ3) is 5.94. The van der Waals surface area contributed by atoms with Crippen LogP contribution in [0.2, 0.25) is 0 Å². The summed E-state index contributed by atoms with van der Waals surface area (Å²) in [5.41, 5.74) is 0.329. The molecule has 1 saturated heterocycles. The Bertz CT molecular complexity index is 585. The van der Waals surface area contributed by atoms with Crippen LogP contribution in [0.5, 0.6) is 0 Å². The summed E-state index contributed by atoms with van der Waals surface area (Å²) in [5, 5.41) is 1.19. The van der Waals surface area contributed by atoms with Crippen LogP contribution >= 0.6 is 0 Å². The number of carbonyl (C=O) groups is 2. The van der Waals surface area contributed by atoms with Crippen molar-refractivity contribution in [2.45, 2.75) is 45.9 Å². The van der Waals surface area contributed by atoms with E-state index < -0.39 is 17.8 Å². The van der Waals surface area contributed by atoms with Crippen molar-refractivity contribution in [2.75, 3.05) is 19.7 Å². The number of nitrogens with zero attached hydrogens (tertiary/aromatic N) is 2. The molecular weight excluding hydrogens is 324 g/mol. The van der Waals surface area contributed by atoms with Crippen LogP contribution in [0, 0.1) is 0 Å². The molecule has 1 fully saturated rings. The van der Waals surface area contributed by atoms with E-state index in [1.807, 2.05) is 51.1 Å². The van der Waals surface area contributed by atoms with Gasteiger partial charge in [-0.3, -0.25) is 4.84 Å². The Morgan fingerprint density at radius 2 is 1.88 bits per heavy atom. The van der Waals surface area contributed by atoms with Gasteiger partial charge in [0.2, 0.25) is 0 Å². The Balaban J connectivity index is 1.90. The van der Waals surface area contributed by atoms with E-state index in [1.54, 1.807) is 11.8 Å².